The van der Waals surface area contributed by atoms with Crippen molar-refractivity contribution in [1.29, 1.82) is 0 Å². The summed E-state index contributed by atoms with van der Waals surface area (Å²) in [6, 6.07) is 5.90. The first kappa shape index (κ1) is 15.0. The van der Waals surface area contributed by atoms with Crippen molar-refractivity contribution in [2.45, 2.75) is 32.2 Å². The van der Waals surface area contributed by atoms with E-state index in [1.807, 2.05) is 0 Å². The van der Waals surface area contributed by atoms with Gasteiger partial charge in [-0.05, 0) is 6.07 Å². The van der Waals surface area contributed by atoms with Crippen LogP contribution in [0, 0.1) is 10.1 Å². The maximum Gasteiger partial charge on any atom is 0.337 e. The van der Waals surface area contributed by atoms with E-state index >= 15 is 0 Å². The number of nitrogens with zero attached hydrogens (tertiary/aromatic N) is 1. The molecule has 0 amide bonds. The molecule has 0 aliphatic carbocycles. The predicted molar refractivity (Wildman–Crippen MR) is 72.0 cm³/mol. The van der Waals surface area contributed by atoms with Crippen molar-refractivity contribution in [3.8, 4) is 0 Å². The molecule has 1 aliphatic heterocycles. The van der Waals surface area contributed by atoms with Gasteiger partial charge in [-0.1, -0.05) is 12.1 Å². The van der Waals surface area contributed by atoms with Gasteiger partial charge >= 0.3 is 5.97 Å². The van der Waals surface area contributed by atoms with Gasteiger partial charge in [0.05, 0.1) is 22.7 Å². The highest BCUT2D eigenvalue weighted by Crippen LogP contribution is 2.32. The second kappa shape index (κ2) is 5.53. The van der Waals surface area contributed by atoms with Gasteiger partial charge in [0, 0.05) is 26.3 Å². The Labute approximate surface area is 120 Å². The zero-order chi connectivity index (χ0) is 15.6. The number of nitro groups is 1. The zero-order valence-corrected chi connectivity index (χ0v) is 11.6. The highest BCUT2D eigenvalue weighted by Gasteiger charge is 2.32. The first-order chi connectivity index (χ1) is 9.78. The summed E-state index contributed by atoms with van der Waals surface area (Å²) in [4.78, 5) is 21.8. The molecule has 1 unspecified atom stereocenters. The van der Waals surface area contributed by atoms with Crippen molar-refractivity contribution in [2.75, 3.05) is 0 Å². The summed E-state index contributed by atoms with van der Waals surface area (Å²) < 4.78 is 10.4. The van der Waals surface area contributed by atoms with Crippen molar-refractivity contribution >= 4 is 11.7 Å². The van der Waals surface area contributed by atoms with Crippen LogP contribution < -0.4 is 0 Å². The topological polar surface area (TPSA) is 98.9 Å². The largest absolute Gasteiger partial charge is 0.457 e. The number of hydrogen-bond acceptors (Lipinski definition) is 6. The molecule has 21 heavy (non-hydrogen) atoms. The molecule has 0 radical (unpaired) electrons. The van der Waals surface area contributed by atoms with Gasteiger partial charge in [0.2, 0.25) is 5.79 Å². The first-order valence-electron chi connectivity index (χ1n) is 6.32. The van der Waals surface area contributed by atoms with Gasteiger partial charge in [-0.2, -0.15) is 0 Å². The van der Waals surface area contributed by atoms with Crippen molar-refractivity contribution in [3.05, 3.63) is 51.8 Å². The van der Waals surface area contributed by atoms with Crippen molar-refractivity contribution in [3.63, 3.8) is 0 Å². The highest BCUT2D eigenvalue weighted by atomic mass is 16.7. The van der Waals surface area contributed by atoms with E-state index < -0.39 is 22.8 Å². The van der Waals surface area contributed by atoms with Crippen LogP contribution in [-0.2, 0) is 14.3 Å². The maximum absolute atomic E-state index is 11.4. The van der Waals surface area contributed by atoms with Gasteiger partial charge in [0.15, 0.2) is 0 Å². The number of nitro benzene ring substituents is 1. The molecule has 0 fully saturated rings. The average Bonchev–Trinajstić information content (AvgIpc) is 2.36. The molecule has 0 spiro atoms. The summed E-state index contributed by atoms with van der Waals surface area (Å²) in [5.74, 6) is -1.47. The SMILES string of the molecule is CC1(C)OC(=O)C=C(CC(O)c2ccccc2[N+](=O)[O-])O1. The number of cyclic esters (lactones) is 1. The molecule has 1 N–H and O–H groups in total. The van der Waals surface area contributed by atoms with Crippen molar-refractivity contribution < 1.29 is 24.3 Å². The fraction of sp³-hybridized carbons (Fsp3) is 0.357. The number of esters is 1. The quantitative estimate of drug-likeness (QED) is 0.519. The Kier molecular flexibility index (Phi) is 3.95. The lowest BCUT2D eigenvalue weighted by Gasteiger charge is -2.31. The first-order valence-corrected chi connectivity index (χ1v) is 6.32. The molecule has 0 aromatic heterocycles. The number of carbonyl (C=O) groups is 1. The van der Waals surface area contributed by atoms with Crippen LogP contribution in [0.3, 0.4) is 0 Å². The second-order valence-corrected chi connectivity index (χ2v) is 5.07. The molecular weight excluding hydrogens is 278 g/mol. The number of ether oxygens (including phenoxy) is 2. The number of para-hydroxylation sites is 1. The molecule has 7 heteroatoms. The summed E-state index contributed by atoms with van der Waals surface area (Å²) in [6.07, 6.45) is -0.0772. The van der Waals surface area contributed by atoms with Crippen LogP contribution in [0.4, 0.5) is 5.69 Å². The lowest BCUT2D eigenvalue weighted by molar-refractivity contribution is -0.386. The minimum atomic E-state index is -1.15. The Morgan fingerprint density at radius 1 is 1.33 bits per heavy atom. The number of rotatable bonds is 4. The summed E-state index contributed by atoms with van der Waals surface area (Å²) in [7, 11) is 0. The van der Waals surface area contributed by atoms with E-state index in [1.54, 1.807) is 19.9 Å². The molecule has 7 nitrogen and oxygen atoms in total. The lowest BCUT2D eigenvalue weighted by Crippen LogP contribution is -2.34. The number of benzene rings is 1. The van der Waals surface area contributed by atoms with Crippen LogP contribution in [0.15, 0.2) is 36.1 Å². The summed E-state index contributed by atoms with van der Waals surface area (Å²) in [6.45, 7) is 3.13. The Morgan fingerprint density at radius 2 is 2.00 bits per heavy atom. The zero-order valence-electron chi connectivity index (χ0n) is 11.6. The molecule has 2 rings (SSSR count). The van der Waals surface area contributed by atoms with Crippen LogP contribution in [0.5, 0.6) is 0 Å². The molecule has 0 saturated heterocycles. The maximum atomic E-state index is 11.4. The Hall–Kier alpha value is -2.41. The number of hydrogen-bond donors (Lipinski definition) is 1. The van der Waals surface area contributed by atoms with Gasteiger partial charge in [-0.3, -0.25) is 10.1 Å². The molecule has 0 saturated carbocycles. The third kappa shape index (κ3) is 3.57. The number of carbonyl (C=O) groups excluding carboxylic acids is 1. The van der Waals surface area contributed by atoms with E-state index in [4.69, 9.17) is 9.47 Å². The monoisotopic (exact) mass is 293 g/mol. The van der Waals surface area contributed by atoms with Gasteiger partial charge < -0.3 is 14.6 Å². The summed E-state index contributed by atoms with van der Waals surface area (Å²) in [5.41, 5.74) is -0.00741. The second-order valence-electron chi connectivity index (χ2n) is 5.07. The van der Waals surface area contributed by atoms with E-state index in [9.17, 15) is 20.0 Å². The summed E-state index contributed by atoms with van der Waals surface area (Å²) >= 11 is 0. The molecule has 1 heterocycles. The van der Waals surface area contributed by atoms with Gasteiger partial charge in [-0.25, -0.2) is 4.79 Å². The summed E-state index contributed by atoms with van der Waals surface area (Å²) in [5, 5.41) is 21.1. The van der Waals surface area contributed by atoms with Crippen LogP contribution in [0.2, 0.25) is 0 Å². The molecule has 112 valence electrons. The third-order valence-corrected chi connectivity index (χ3v) is 2.89. The standard InChI is InChI=1S/C14H15NO6/c1-14(2)20-9(8-13(17)21-14)7-12(16)10-5-3-4-6-11(10)15(18)19/h3-6,8,12,16H,7H2,1-2H3. The van der Waals surface area contributed by atoms with E-state index in [0.29, 0.717) is 0 Å². The van der Waals surface area contributed by atoms with Gasteiger partial charge in [0.1, 0.15) is 5.76 Å². The minimum absolute atomic E-state index is 0.0522. The number of aliphatic hydroxyl groups is 1. The van der Waals surface area contributed by atoms with Crippen LogP contribution in [0.1, 0.15) is 31.9 Å². The van der Waals surface area contributed by atoms with Crippen LogP contribution >= 0.6 is 0 Å². The Bertz CT molecular complexity index is 607. The molecule has 1 aromatic carbocycles. The third-order valence-electron chi connectivity index (χ3n) is 2.89. The molecule has 1 atom stereocenters. The average molecular weight is 293 g/mol. The Balaban J connectivity index is 2.21. The lowest BCUT2D eigenvalue weighted by atomic mass is 10.0. The van der Waals surface area contributed by atoms with Crippen molar-refractivity contribution in [1.82, 2.24) is 0 Å². The molecule has 0 bridgehead atoms. The fourth-order valence-electron chi connectivity index (χ4n) is 2.11. The minimum Gasteiger partial charge on any atom is -0.457 e. The highest BCUT2D eigenvalue weighted by molar-refractivity contribution is 5.83. The fourth-order valence-corrected chi connectivity index (χ4v) is 2.11. The van der Waals surface area contributed by atoms with Crippen LogP contribution in [0.25, 0.3) is 0 Å². The normalized spacial score (nSPS) is 18.2. The van der Waals surface area contributed by atoms with Crippen molar-refractivity contribution in [2.24, 2.45) is 0 Å². The van der Waals surface area contributed by atoms with Gasteiger partial charge in [0.25, 0.3) is 5.69 Å². The number of aliphatic hydroxyl groups excluding tert-OH is 1. The molecular formula is C14H15NO6. The van der Waals surface area contributed by atoms with E-state index in [-0.39, 0.29) is 23.4 Å². The Morgan fingerprint density at radius 3 is 2.62 bits per heavy atom. The van der Waals surface area contributed by atoms with E-state index in [2.05, 4.69) is 0 Å². The smallest absolute Gasteiger partial charge is 0.337 e. The molecule has 1 aliphatic rings. The van der Waals surface area contributed by atoms with Crippen LogP contribution in [-0.4, -0.2) is 21.8 Å². The van der Waals surface area contributed by atoms with E-state index in [0.717, 1.165) is 6.08 Å². The predicted octanol–water partition coefficient (Wildman–Crippen LogP) is 2.21. The molecule has 1 aromatic rings. The van der Waals surface area contributed by atoms with Gasteiger partial charge in [-0.15, -0.1) is 0 Å². The van der Waals surface area contributed by atoms with E-state index in [1.165, 1.54) is 18.2 Å².